The Hall–Kier alpha value is -4.57. The molecule has 1 aromatic carbocycles. The summed E-state index contributed by atoms with van der Waals surface area (Å²) in [4.78, 5) is 57.8. The highest BCUT2D eigenvalue weighted by molar-refractivity contribution is 8.14. The second-order valence-electron chi connectivity index (χ2n) is 17.9. The largest absolute Gasteiger partial charge is 0.464 e. The van der Waals surface area contributed by atoms with Gasteiger partial charge in [0.1, 0.15) is 23.2 Å². The third kappa shape index (κ3) is 8.26. The van der Waals surface area contributed by atoms with Crippen molar-refractivity contribution < 1.29 is 28.6 Å². The molecule has 2 N–H and O–H groups in total. The van der Waals surface area contributed by atoms with Gasteiger partial charge < -0.3 is 28.7 Å². The Morgan fingerprint density at radius 3 is 2.69 bits per heavy atom. The van der Waals surface area contributed by atoms with E-state index in [1.807, 2.05) is 50.8 Å². The number of aryl methyl sites for hydroxylation is 2. The van der Waals surface area contributed by atoms with E-state index in [9.17, 15) is 14.4 Å². The standard InChI is InChI=1S/C46H60N8O6S/c1-10-53-34-17-16-28-20-30(34)31(40(53)29-14-12-18-47-37(29)26(4)58-9)21-46(6,7)23-60-45(57)32-15-13-19-54(51-32)44(56)39(41(59-11-2)43-50-38(28)27(5)61-43)49-42(55)36-25(3)35(36)33-22-52(8)24-48-33/h12,14,16-18,20,22,24-27,32,35-36,38-39,41,51H,10-11,13,15,19,21,23H2,1-9H3,(H,49,55)/t25-,26+,27?,32+,35-,36+,38?,39+,41+/m1/s1. The van der Waals surface area contributed by atoms with Gasteiger partial charge in [-0.1, -0.05) is 33.8 Å². The van der Waals surface area contributed by atoms with E-state index >= 15 is 0 Å². The van der Waals surface area contributed by atoms with Gasteiger partial charge in [0.05, 0.1) is 42.2 Å². The molecule has 9 atom stereocenters. The number of aliphatic imine (C=N–C) groups is 1. The number of imidazole rings is 1. The number of methoxy groups -OCH3 is 1. The lowest BCUT2D eigenvalue weighted by Crippen LogP contribution is -2.63. The van der Waals surface area contributed by atoms with Crippen LogP contribution in [-0.4, -0.2) is 97.2 Å². The average molecular weight is 853 g/mol. The summed E-state index contributed by atoms with van der Waals surface area (Å²) in [7, 11) is 3.61. The van der Waals surface area contributed by atoms with Crippen molar-refractivity contribution in [2.45, 2.75) is 116 Å². The molecule has 4 aliphatic rings. The lowest BCUT2D eigenvalue weighted by molar-refractivity contribution is -0.156. The van der Waals surface area contributed by atoms with Crippen LogP contribution >= 0.6 is 11.8 Å². The van der Waals surface area contributed by atoms with E-state index in [0.29, 0.717) is 30.9 Å². The predicted octanol–water partition coefficient (Wildman–Crippen LogP) is 6.30. The Kier molecular flexibility index (Phi) is 12.2. The van der Waals surface area contributed by atoms with Crippen LogP contribution in [0.5, 0.6) is 0 Å². The van der Waals surface area contributed by atoms with Gasteiger partial charge in [-0.2, -0.15) is 0 Å². The molecule has 6 bridgehead atoms. The zero-order valence-corrected chi connectivity index (χ0v) is 37.6. The second kappa shape index (κ2) is 17.3. The fourth-order valence-electron chi connectivity index (χ4n) is 9.62. The molecule has 6 heterocycles. The summed E-state index contributed by atoms with van der Waals surface area (Å²) in [6, 6.07) is 8.60. The first-order valence-electron chi connectivity index (χ1n) is 21.8. The van der Waals surface area contributed by atoms with E-state index in [2.05, 4.69) is 72.3 Å². The maximum Gasteiger partial charge on any atom is 0.324 e. The molecule has 4 aromatic rings. The number of fused-ring (bicyclic) bond motifs is 5. The minimum atomic E-state index is -1.11. The molecule has 8 rings (SSSR count). The smallest absolute Gasteiger partial charge is 0.324 e. The van der Waals surface area contributed by atoms with Gasteiger partial charge in [0, 0.05) is 85.2 Å². The van der Waals surface area contributed by atoms with Gasteiger partial charge in [-0.3, -0.25) is 29.4 Å². The zero-order chi connectivity index (χ0) is 43.3. The fourth-order valence-corrected chi connectivity index (χ4v) is 10.9. The summed E-state index contributed by atoms with van der Waals surface area (Å²) in [5.41, 5.74) is 9.77. The van der Waals surface area contributed by atoms with Crippen LogP contribution in [0.15, 0.2) is 54.0 Å². The molecular weight excluding hydrogens is 793 g/mol. The molecule has 1 saturated heterocycles. The topological polar surface area (TPSA) is 154 Å². The van der Waals surface area contributed by atoms with Crippen molar-refractivity contribution >= 4 is 45.5 Å². The first-order chi connectivity index (χ1) is 29.2. The summed E-state index contributed by atoms with van der Waals surface area (Å²) < 4.78 is 22.7. The second-order valence-corrected chi connectivity index (χ2v) is 19.3. The number of hydrazine groups is 1. The number of cyclic esters (lactones) is 1. The lowest BCUT2D eigenvalue weighted by Gasteiger charge is -2.37. The van der Waals surface area contributed by atoms with Crippen molar-refractivity contribution in [3.8, 4) is 11.3 Å². The SMILES string of the molecule is CCO[C@@H]1C2=NC(c3ccc4c(c3)c(c(-c3cccnc3[C@H](C)OC)n4CC)CC(C)(C)COC(=O)[C@@H]3CCCN(N3)C(=O)[C@H]1NC(=O)[C@H]1[C@H](C)[C@@H]1c1cn(C)cn1)C(C)S2. The number of hydrogen-bond acceptors (Lipinski definition) is 11. The zero-order valence-electron chi connectivity index (χ0n) is 36.8. The van der Waals surface area contributed by atoms with Gasteiger partial charge in [-0.25, -0.2) is 10.4 Å². The maximum absolute atomic E-state index is 14.8. The first kappa shape index (κ1) is 43.1. The summed E-state index contributed by atoms with van der Waals surface area (Å²) in [5, 5.41) is 6.38. The van der Waals surface area contributed by atoms with Gasteiger partial charge in [0.15, 0.2) is 0 Å². The van der Waals surface area contributed by atoms with Gasteiger partial charge >= 0.3 is 5.97 Å². The summed E-state index contributed by atoms with van der Waals surface area (Å²) in [6.07, 6.45) is 6.07. The number of pyridine rings is 1. The number of rotatable bonds is 9. The summed E-state index contributed by atoms with van der Waals surface area (Å²) >= 11 is 1.58. The van der Waals surface area contributed by atoms with Gasteiger partial charge in [0.2, 0.25) is 5.91 Å². The van der Waals surface area contributed by atoms with E-state index in [0.717, 1.165) is 51.2 Å². The number of carbonyl (C=O) groups excluding carboxylic acids is 3. The Labute approximate surface area is 362 Å². The normalized spacial score (nSPS) is 28.3. The maximum atomic E-state index is 14.8. The molecule has 1 saturated carbocycles. The first-order valence-corrected chi connectivity index (χ1v) is 22.6. The van der Waals surface area contributed by atoms with Gasteiger partial charge in [-0.05, 0) is 81.3 Å². The average Bonchev–Trinajstić information content (AvgIpc) is 3.50. The quantitative estimate of drug-likeness (QED) is 0.184. The molecule has 61 heavy (non-hydrogen) atoms. The number of thioether (sulfide) groups is 1. The van der Waals surface area contributed by atoms with Crippen molar-refractivity contribution in [1.29, 1.82) is 0 Å². The van der Waals surface area contributed by atoms with Crippen LogP contribution in [0.1, 0.15) is 102 Å². The molecule has 2 amide bonds. The van der Waals surface area contributed by atoms with Crippen LogP contribution < -0.4 is 10.7 Å². The molecule has 3 aromatic heterocycles. The van der Waals surface area contributed by atoms with Gasteiger partial charge in [-0.15, -0.1) is 11.8 Å². The molecule has 2 unspecified atom stereocenters. The number of nitrogens with one attached hydrogen (secondary N) is 2. The number of aromatic nitrogens is 4. The predicted molar refractivity (Wildman–Crippen MR) is 236 cm³/mol. The molecule has 3 aliphatic heterocycles. The molecule has 326 valence electrons. The molecule has 14 nitrogen and oxygen atoms in total. The summed E-state index contributed by atoms with van der Waals surface area (Å²) in [6.45, 7) is 16.0. The van der Waals surface area contributed by atoms with E-state index < -0.39 is 29.6 Å². The summed E-state index contributed by atoms with van der Waals surface area (Å²) in [5.74, 6) is -1.41. The number of esters is 1. The van der Waals surface area contributed by atoms with Crippen LogP contribution in [-0.2, 0) is 48.6 Å². The van der Waals surface area contributed by atoms with Crippen molar-refractivity contribution in [3.05, 3.63) is 71.6 Å². The van der Waals surface area contributed by atoms with Crippen LogP contribution in [0.4, 0.5) is 0 Å². The Bertz CT molecular complexity index is 2340. The van der Waals surface area contributed by atoms with Crippen molar-refractivity contribution in [1.82, 2.24) is 34.9 Å². The molecular formula is C46H60N8O6S. The highest BCUT2D eigenvalue weighted by atomic mass is 32.2. The number of nitrogens with zero attached hydrogens (tertiary/aromatic N) is 6. The van der Waals surface area contributed by atoms with Crippen molar-refractivity contribution in [2.75, 3.05) is 26.9 Å². The minimum absolute atomic E-state index is 0.00421. The third-order valence-corrected chi connectivity index (χ3v) is 14.1. The molecule has 0 radical (unpaired) electrons. The van der Waals surface area contributed by atoms with Crippen molar-refractivity contribution in [3.63, 3.8) is 0 Å². The Balaban J connectivity index is 1.25. The van der Waals surface area contributed by atoms with E-state index in [1.54, 1.807) is 25.2 Å². The van der Waals surface area contributed by atoms with Crippen LogP contribution in [0.2, 0.25) is 0 Å². The molecule has 1 aliphatic carbocycles. The third-order valence-electron chi connectivity index (χ3n) is 12.9. The van der Waals surface area contributed by atoms with Crippen LogP contribution in [0.25, 0.3) is 22.2 Å². The van der Waals surface area contributed by atoms with Crippen molar-refractivity contribution in [2.24, 2.45) is 29.3 Å². The van der Waals surface area contributed by atoms with Crippen LogP contribution in [0, 0.1) is 17.3 Å². The van der Waals surface area contributed by atoms with E-state index in [4.69, 9.17) is 24.2 Å². The number of ether oxygens (including phenoxy) is 3. The Morgan fingerprint density at radius 2 is 1.97 bits per heavy atom. The Morgan fingerprint density at radius 1 is 1.16 bits per heavy atom. The van der Waals surface area contributed by atoms with E-state index in [-0.39, 0.29) is 60.2 Å². The number of amides is 2. The molecule has 15 heteroatoms. The number of hydrogen-bond donors (Lipinski definition) is 2. The monoisotopic (exact) mass is 852 g/mol. The van der Waals surface area contributed by atoms with Crippen LogP contribution in [0.3, 0.4) is 0 Å². The molecule has 2 fully saturated rings. The highest BCUT2D eigenvalue weighted by Crippen LogP contribution is 2.53. The van der Waals surface area contributed by atoms with Gasteiger partial charge in [0.25, 0.3) is 5.91 Å². The number of carbonyl (C=O) groups is 3. The molecule has 0 spiro atoms. The highest BCUT2D eigenvalue weighted by Gasteiger charge is 2.55. The lowest BCUT2D eigenvalue weighted by atomic mass is 9.84. The fraction of sp³-hybridized carbons (Fsp3) is 0.565. The minimum Gasteiger partial charge on any atom is -0.464 e. The number of benzene rings is 1. The van der Waals surface area contributed by atoms with E-state index in [1.165, 1.54) is 5.01 Å².